The third-order valence-corrected chi connectivity index (χ3v) is 4.24. The maximum absolute atomic E-state index is 12.2. The first-order valence-electron chi connectivity index (χ1n) is 6.52. The molecule has 1 aliphatic heterocycles. The molecule has 0 aliphatic carbocycles. The first-order chi connectivity index (χ1) is 8.74. The van der Waals surface area contributed by atoms with Crippen LogP contribution in [0.15, 0.2) is 30.5 Å². The molecule has 3 heteroatoms. The van der Waals surface area contributed by atoms with Gasteiger partial charge in [0.2, 0.25) is 0 Å². The molecule has 3 rings (SSSR count). The standard InChI is InChI=1S/C15H18N2O/c1-11(18)15(6-8-16-9-7-15)13-10-17-14-5-3-2-4-12(13)14/h2-5,10,16-17H,6-9H2,1H3. The van der Waals surface area contributed by atoms with Crippen molar-refractivity contribution in [1.82, 2.24) is 10.3 Å². The molecular weight excluding hydrogens is 224 g/mol. The molecule has 0 unspecified atom stereocenters. The van der Waals surface area contributed by atoms with Gasteiger partial charge < -0.3 is 10.3 Å². The van der Waals surface area contributed by atoms with E-state index in [1.807, 2.05) is 18.3 Å². The molecule has 3 nitrogen and oxygen atoms in total. The fourth-order valence-electron chi connectivity index (χ4n) is 3.13. The van der Waals surface area contributed by atoms with Crippen LogP contribution < -0.4 is 5.32 Å². The van der Waals surface area contributed by atoms with Gasteiger partial charge in [0.1, 0.15) is 5.78 Å². The summed E-state index contributed by atoms with van der Waals surface area (Å²) in [6, 6.07) is 8.22. The molecule has 1 aliphatic rings. The number of aromatic amines is 1. The minimum Gasteiger partial charge on any atom is -0.361 e. The number of H-pyrrole nitrogens is 1. The van der Waals surface area contributed by atoms with Crippen LogP contribution >= 0.6 is 0 Å². The zero-order valence-electron chi connectivity index (χ0n) is 10.6. The second kappa shape index (κ2) is 4.25. The average molecular weight is 242 g/mol. The Morgan fingerprint density at radius 2 is 1.94 bits per heavy atom. The number of Topliss-reactive ketones (excluding diaryl/α,β-unsaturated/α-hetero) is 1. The van der Waals surface area contributed by atoms with E-state index in [2.05, 4.69) is 22.4 Å². The van der Waals surface area contributed by atoms with E-state index in [0.29, 0.717) is 0 Å². The van der Waals surface area contributed by atoms with Crippen LogP contribution in [0.1, 0.15) is 25.3 Å². The smallest absolute Gasteiger partial charge is 0.140 e. The predicted octanol–water partition coefficient (Wildman–Crippen LogP) is 2.38. The van der Waals surface area contributed by atoms with Crippen molar-refractivity contribution in [2.24, 2.45) is 0 Å². The molecule has 1 aromatic carbocycles. The topological polar surface area (TPSA) is 44.9 Å². The molecule has 1 fully saturated rings. The highest BCUT2D eigenvalue weighted by Gasteiger charge is 2.39. The fraction of sp³-hybridized carbons (Fsp3) is 0.400. The van der Waals surface area contributed by atoms with E-state index in [1.54, 1.807) is 6.92 Å². The minimum atomic E-state index is -0.301. The van der Waals surface area contributed by atoms with E-state index in [4.69, 9.17) is 0 Å². The Balaban J connectivity index is 2.18. The van der Waals surface area contributed by atoms with Crippen LogP contribution in [0.4, 0.5) is 0 Å². The summed E-state index contributed by atoms with van der Waals surface area (Å²) >= 11 is 0. The predicted molar refractivity (Wildman–Crippen MR) is 72.8 cm³/mol. The van der Waals surface area contributed by atoms with Crippen molar-refractivity contribution in [2.75, 3.05) is 13.1 Å². The molecule has 2 N–H and O–H groups in total. The van der Waals surface area contributed by atoms with Crippen LogP contribution in [0.3, 0.4) is 0 Å². The Labute approximate surface area is 107 Å². The summed E-state index contributed by atoms with van der Waals surface area (Å²) in [6.07, 6.45) is 3.81. The zero-order chi connectivity index (χ0) is 12.6. The van der Waals surface area contributed by atoms with Gasteiger partial charge in [0.05, 0.1) is 5.41 Å². The van der Waals surface area contributed by atoms with Gasteiger partial charge in [-0.3, -0.25) is 4.79 Å². The van der Waals surface area contributed by atoms with Crippen molar-refractivity contribution in [3.63, 3.8) is 0 Å². The maximum Gasteiger partial charge on any atom is 0.140 e. The first-order valence-corrected chi connectivity index (χ1v) is 6.52. The van der Waals surface area contributed by atoms with E-state index in [1.165, 1.54) is 10.9 Å². The number of rotatable bonds is 2. The zero-order valence-corrected chi connectivity index (χ0v) is 10.6. The average Bonchev–Trinajstić information content (AvgIpc) is 2.83. The largest absolute Gasteiger partial charge is 0.361 e. The van der Waals surface area contributed by atoms with E-state index in [9.17, 15) is 4.79 Å². The van der Waals surface area contributed by atoms with Gasteiger partial charge in [-0.1, -0.05) is 18.2 Å². The number of carbonyl (C=O) groups is 1. The van der Waals surface area contributed by atoms with Crippen molar-refractivity contribution in [3.8, 4) is 0 Å². The molecular formula is C15H18N2O. The molecule has 18 heavy (non-hydrogen) atoms. The van der Waals surface area contributed by atoms with Gasteiger partial charge in [-0.2, -0.15) is 0 Å². The molecule has 0 radical (unpaired) electrons. The molecule has 2 aromatic rings. The Morgan fingerprint density at radius 3 is 2.67 bits per heavy atom. The van der Waals surface area contributed by atoms with E-state index < -0.39 is 0 Å². The Kier molecular flexibility index (Phi) is 2.71. The fourth-order valence-corrected chi connectivity index (χ4v) is 3.13. The second-order valence-corrected chi connectivity index (χ2v) is 5.14. The number of nitrogens with one attached hydrogen (secondary N) is 2. The van der Waals surface area contributed by atoms with Gasteiger partial charge in [-0.05, 0) is 44.5 Å². The number of carbonyl (C=O) groups excluding carboxylic acids is 1. The van der Waals surface area contributed by atoms with Gasteiger partial charge in [0.15, 0.2) is 0 Å². The van der Waals surface area contributed by atoms with Gasteiger partial charge in [-0.25, -0.2) is 0 Å². The van der Waals surface area contributed by atoms with Crippen LogP contribution in [0.5, 0.6) is 0 Å². The van der Waals surface area contributed by atoms with E-state index in [-0.39, 0.29) is 11.2 Å². The molecule has 0 bridgehead atoms. The Morgan fingerprint density at radius 1 is 1.22 bits per heavy atom. The molecule has 0 atom stereocenters. The monoisotopic (exact) mass is 242 g/mol. The summed E-state index contributed by atoms with van der Waals surface area (Å²) in [5.41, 5.74) is 1.99. The second-order valence-electron chi connectivity index (χ2n) is 5.14. The number of hydrogen-bond acceptors (Lipinski definition) is 2. The minimum absolute atomic E-state index is 0.286. The van der Waals surface area contributed by atoms with Crippen LogP contribution in [0.2, 0.25) is 0 Å². The molecule has 0 amide bonds. The third-order valence-electron chi connectivity index (χ3n) is 4.24. The number of aromatic nitrogens is 1. The van der Waals surface area contributed by atoms with Gasteiger partial charge >= 0.3 is 0 Å². The lowest BCUT2D eigenvalue weighted by molar-refractivity contribution is -0.123. The Bertz CT molecular complexity index is 579. The van der Waals surface area contributed by atoms with E-state index in [0.717, 1.165) is 31.4 Å². The molecule has 0 saturated carbocycles. The lowest BCUT2D eigenvalue weighted by Crippen LogP contribution is -2.44. The number of ketones is 1. The van der Waals surface area contributed by atoms with Crippen molar-refractivity contribution in [3.05, 3.63) is 36.0 Å². The molecule has 0 spiro atoms. The lowest BCUT2D eigenvalue weighted by atomic mass is 9.70. The van der Waals surface area contributed by atoms with Crippen LogP contribution in [0.25, 0.3) is 10.9 Å². The van der Waals surface area contributed by atoms with Crippen molar-refractivity contribution >= 4 is 16.7 Å². The van der Waals surface area contributed by atoms with E-state index >= 15 is 0 Å². The SMILES string of the molecule is CC(=O)C1(c2c[nH]c3ccccc23)CCNCC1. The van der Waals surface area contributed by atoms with Crippen molar-refractivity contribution in [1.29, 1.82) is 0 Å². The summed E-state index contributed by atoms with van der Waals surface area (Å²) < 4.78 is 0. The lowest BCUT2D eigenvalue weighted by Gasteiger charge is -2.35. The Hall–Kier alpha value is -1.61. The summed E-state index contributed by atoms with van der Waals surface area (Å²) in [5, 5.41) is 4.53. The van der Waals surface area contributed by atoms with Crippen LogP contribution in [-0.4, -0.2) is 23.9 Å². The highest BCUT2D eigenvalue weighted by molar-refractivity contribution is 5.95. The number of fused-ring (bicyclic) bond motifs is 1. The molecule has 1 saturated heterocycles. The van der Waals surface area contributed by atoms with Gasteiger partial charge in [-0.15, -0.1) is 0 Å². The summed E-state index contributed by atoms with van der Waals surface area (Å²) in [7, 11) is 0. The van der Waals surface area contributed by atoms with Gasteiger partial charge in [0, 0.05) is 17.1 Å². The number of para-hydroxylation sites is 1. The molecule has 94 valence electrons. The van der Waals surface area contributed by atoms with Crippen LogP contribution in [0, 0.1) is 0 Å². The highest BCUT2D eigenvalue weighted by atomic mass is 16.1. The highest BCUT2D eigenvalue weighted by Crippen LogP contribution is 2.38. The summed E-state index contributed by atoms with van der Waals surface area (Å²) in [6.45, 7) is 3.56. The van der Waals surface area contributed by atoms with Crippen molar-refractivity contribution < 1.29 is 4.79 Å². The van der Waals surface area contributed by atoms with Crippen molar-refractivity contribution in [2.45, 2.75) is 25.2 Å². The molecule has 2 heterocycles. The number of hydrogen-bond donors (Lipinski definition) is 2. The summed E-state index contributed by atoms with van der Waals surface area (Å²) in [5.74, 6) is 0.286. The van der Waals surface area contributed by atoms with Crippen LogP contribution in [-0.2, 0) is 10.2 Å². The first kappa shape index (κ1) is 11.5. The molecule has 1 aromatic heterocycles. The quantitative estimate of drug-likeness (QED) is 0.849. The number of piperidine rings is 1. The maximum atomic E-state index is 12.2. The summed E-state index contributed by atoms with van der Waals surface area (Å²) in [4.78, 5) is 15.5. The van der Waals surface area contributed by atoms with Gasteiger partial charge in [0.25, 0.3) is 0 Å². The normalized spacial score (nSPS) is 18.9. The third kappa shape index (κ3) is 1.58. The number of benzene rings is 1.